The van der Waals surface area contributed by atoms with Crippen molar-refractivity contribution in [2.24, 2.45) is 0 Å². The van der Waals surface area contributed by atoms with E-state index in [2.05, 4.69) is 25.0 Å². The molecule has 2 atom stereocenters. The summed E-state index contributed by atoms with van der Waals surface area (Å²) >= 11 is 0. The van der Waals surface area contributed by atoms with E-state index in [1.165, 1.54) is 6.07 Å². The van der Waals surface area contributed by atoms with E-state index >= 15 is 0 Å². The van der Waals surface area contributed by atoms with Crippen molar-refractivity contribution in [3.8, 4) is 0 Å². The fourth-order valence-corrected chi connectivity index (χ4v) is 4.85. The summed E-state index contributed by atoms with van der Waals surface area (Å²) in [6.45, 7) is 0. The number of nitrogens with one attached hydrogen (secondary N) is 4. The molecule has 4 heterocycles. The molecule has 0 aromatic carbocycles. The number of halogens is 1. The van der Waals surface area contributed by atoms with Crippen molar-refractivity contribution in [2.45, 2.75) is 48.7 Å². The molecule has 2 unspecified atom stereocenters. The highest BCUT2D eigenvalue weighted by Crippen LogP contribution is 2.27. The molecule has 2 bridgehead atoms. The molecule has 136 valence electrons. The van der Waals surface area contributed by atoms with Gasteiger partial charge in [-0.3, -0.25) is 14.8 Å². The quantitative estimate of drug-likeness (QED) is 0.565. The highest BCUT2D eigenvalue weighted by Gasteiger charge is 2.35. The summed E-state index contributed by atoms with van der Waals surface area (Å²) in [4.78, 5) is 31.3. The molecule has 25 heavy (non-hydrogen) atoms. The van der Waals surface area contributed by atoms with Gasteiger partial charge in [-0.25, -0.2) is 22.9 Å². The van der Waals surface area contributed by atoms with Crippen LogP contribution < -0.4 is 21.3 Å². The summed E-state index contributed by atoms with van der Waals surface area (Å²) in [5.74, 6) is 0. The van der Waals surface area contributed by atoms with Crippen LogP contribution in [0.5, 0.6) is 0 Å². The molecular formula is C14H18ClN5O4S. The van der Waals surface area contributed by atoms with E-state index in [1.807, 2.05) is 0 Å². The van der Waals surface area contributed by atoms with Crippen molar-refractivity contribution in [3.05, 3.63) is 33.1 Å². The molecule has 4 N–H and O–H groups in total. The number of hydrogen-bond acceptors (Lipinski definition) is 6. The number of fused-ring (bicyclic) bond motifs is 3. The number of H-pyrrole nitrogens is 2. The first-order valence-electron chi connectivity index (χ1n) is 7.81. The summed E-state index contributed by atoms with van der Waals surface area (Å²) in [5, 5.41) is 3.49. The Hall–Kier alpha value is -1.75. The van der Waals surface area contributed by atoms with Gasteiger partial charge in [-0.1, -0.05) is 0 Å². The maximum atomic E-state index is 12.6. The van der Waals surface area contributed by atoms with Gasteiger partial charge < -0.3 is 5.32 Å². The molecule has 11 heteroatoms. The van der Waals surface area contributed by atoms with Crippen molar-refractivity contribution in [1.29, 1.82) is 0 Å². The molecule has 0 aliphatic carbocycles. The summed E-state index contributed by atoms with van der Waals surface area (Å²) in [6, 6.07) is 1.83. The molecule has 2 saturated heterocycles. The molecule has 4 rings (SSSR count). The van der Waals surface area contributed by atoms with E-state index < -0.39 is 21.3 Å². The largest absolute Gasteiger partial charge is 0.327 e. The molecule has 0 amide bonds. The van der Waals surface area contributed by atoms with Crippen molar-refractivity contribution in [3.63, 3.8) is 0 Å². The zero-order chi connectivity index (χ0) is 16.9. The highest BCUT2D eigenvalue weighted by molar-refractivity contribution is 7.89. The normalized spacial score (nSPS) is 25.7. The van der Waals surface area contributed by atoms with Crippen molar-refractivity contribution in [2.75, 3.05) is 0 Å². The van der Waals surface area contributed by atoms with Gasteiger partial charge in [0, 0.05) is 24.3 Å². The Labute approximate surface area is 149 Å². The minimum Gasteiger partial charge on any atom is -0.311 e. The highest BCUT2D eigenvalue weighted by atomic mass is 35.5. The van der Waals surface area contributed by atoms with Crippen LogP contribution in [0.2, 0.25) is 0 Å². The SMILES string of the molecule is Cl.O=c1[nH]c(=O)c2cc(S(=O)(=O)NC3CC4CCC(C3)N4)cnc2[nH]1. The summed E-state index contributed by atoms with van der Waals surface area (Å²) in [7, 11) is -3.78. The third kappa shape index (κ3) is 3.47. The van der Waals surface area contributed by atoms with Crippen LogP contribution in [0.1, 0.15) is 25.7 Å². The van der Waals surface area contributed by atoms with E-state index in [1.54, 1.807) is 0 Å². The van der Waals surface area contributed by atoms with Crippen LogP contribution in [0.25, 0.3) is 11.0 Å². The van der Waals surface area contributed by atoms with Gasteiger partial charge in [0.1, 0.15) is 10.5 Å². The minimum absolute atomic E-state index is 0. The monoisotopic (exact) mass is 387 g/mol. The van der Waals surface area contributed by atoms with Crippen LogP contribution in [0.15, 0.2) is 26.7 Å². The van der Waals surface area contributed by atoms with E-state index in [-0.39, 0.29) is 34.4 Å². The predicted molar refractivity (Wildman–Crippen MR) is 93.5 cm³/mol. The number of pyridine rings is 1. The van der Waals surface area contributed by atoms with E-state index in [0.717, 1.165) is 31.9 Å². The van der Waals surface area contributed by atoms with Crippen molar-refractivity contribution >= 4 is 33.5 Å². The Bertz CT molecular complexity index is 1010. The molecule has 0 saturated carbocycles. The average molecular weight is 388 g/mol. The third-order valence-corrected chi connectivity index (χ3v) is 6.16. The first-order valence-corrected chi connectivity index (χ1v) is 9.30. The van der Waals surface area contributed by atoms with Crippen LogP contribution in [0.3, 0.4) is 0 Å². The number of sulfonamides is 1. The molecule has 2 aliphatic rings. The van der Waals surface area contributed by atoms with Crippen LogP contribution in [0.4, 0.5) is 0 Å². The Balaban J connectivity index is 0.00000182. The first kappa shape index (κ1) is 18.1. The van der Waals surface area contributed by atoms with Crippen LogP contribution in [-0.4, -0.2) is 41.5 Å². The van der Waals surface area contributed by atoms with Crippen molar-refractivity contribution in [1.82, 2.24) is 25.0 Å². The topological polar surface area (TPSA) is 137 Å². The predicted octanol–water partition coefficient (Wildman–Crippen LogP) is -0.405. The lowest BCUT2D eigenvalue weighted by molar-refractivity contribution is 0.345. The van der Waals surface area contributed by atoms with Crippen LogP contribution in [0, 0.1) is 0 Å². The lowest BCUT2D eigenvalue weighted by Gasteiger charge is -2.29. The second kappa shape index (κ2) is 6.52. The molecule has 2 fully saturated rings. The van der Waals surface area contributed by atoms with Gasteiger partial charge in [0.15, 0.2) is 0 Å². The van der Waals surface area contributed by atoms with Crippen LogP contribution in [-0.2, 0) is 10.0 Å². The van der Waals surface area contributed by atoms with E-state index in [9.17, 15) is 18.0 Å². The lowest BCUT2D eigenvalue weighted by atomic mass is 10.0. The molecule has 2 aliphatic heterocycles. The Morgan fingerprint density at radius 3 is 2.48 bits per heavy atom. The maximum Gasteiger partial charge on any atom is 0.327 e. The van der Waals surface area contributed by atoms with Gasteiger partial charge in [-0.05, 0) is 31.7 Å². The Kier molecular flexibility index (Phi) is 4.71. The fourth-order valence-electron chi connectivity index (χ4n) is 3.62. The summed E-state index contributed by atoms with van der Waals surface area (Å²) in [6.07, 6.45) is 4.80. The summed E-state index contributed by atoms with van der Waals surface area (Å²) < 4.78 is 27.9. The number of aromatic nitrogens is 3. The van der Waals surface area contributed by atoms with Gasteiger partial charge in [-0.15, -0.1) is 12.4 Å². The number of piperidine rings is 1. The Morgan fingerprint density at radius 1 is 1.12 bits per heavy atom. The summed E-state index contributed by atoms with van der Waals surface area (Å²) in [5.41, 5.74) is -1.29. The Morgan fingerprint density at radius 2 is 1.80 bits per heavy atom. The fraction of sp³-hybridized carbons (Fsp3) is 0.500. The second-order valence-corrected chi connectivity index (χ2v) is 8.12. The zero-order valence-electron chi connectivity index (χ0n) is 13.1. The molecule has 0 spiro atoms. The molecule has 2 aromatic rings. The average Bonchev–Trinajstić information content (AvgIpc) is 2.85. The number of hydrogen-bond donors (Lipinski definition) is 4. The van der Waals surface area contributed by atoms with E-state index in [0.29, 0.717) is 12.1 Å². The van der Waals surface area contributed by atoms with E-state index in [4.69, 9.17) is 0 Å². The first-order chi connectivity index (χ1) is 11.4. The van der Waals surface area contributed by atoms with Crippen LogP contribution >= 0.6 is 12.4 Å². The van der Waals surface area contributed by atoms with Gasteiger partial charge in [0.05, 0.1) is 5.39 Å². The maximum absolute atomic E-state index is 12.6. The number of aromatic amines is 2. The lowest BCUT2D eigenvalue weighted by Crippen LogP contribution is -2.47. The number of rotatable bonds is 3. The van der Waals surface area contributed by atoms with Gasteiger partial charge >= 0.3 is 5.69 Å². The number of nitrogens with zero attached hydrogens (tertiary/aromatic N) is 1. The second-order valence-electron chi connectivity index (χ2n) is 6.40. The van der Waals surface area contributed by atoms with Gasteiger partial charge in [0.25, 0.3) is 5.56 Å². The smallest absolute Gasteiger partial charge is 0.311 e. The zero-order valence-corrected chi connectivity index (χ0v) is 14.7. The molecular weight excluding hydrogens is 370 g/mol. The van der Waals surface area contributed by atoms with Gasteiger partial charge in [0.2, 0.25) is 10.0 Å². The molecule has 0 radical (unpaired) electrons. The minimum atomic E-state index is -3.78. The standard InChI is InChI=1S/C14H17N5O4S.ClH/c20-13-11-5-10(6-15-12(11)17-14(21)18-13)24(22,23)19-9-3-7-1-2-8(4-9)16-7;/h5-9,16,19H,1-4H2,(H2,15,17,18,20,21);1H. The van der Waals surface area contributed by atoms with Crippen molar-refractivity contribution < 1.29 is 8.42 Å². The third-order valence-electron chi connectivity index (χ3n) is 4.67. The molecule has 2 aromatic heterocycles. The van der Waals surface area contributed by atoms with Gasteiger partial charge in [-0.2, -0.15) is 0 Å². The molecule has 9 nitrogen and oxygen atoms in total.